The predicted molar refractivity (Wildman–Crippen MR) is 90.6 cm³/mol. The Morgan fingerprint density at radius 1 is 1.12 bits per heavy atom. The standard InChI is InChI=1S/C19H26N2O3/c22-19(24-12-13-4-2-1-3-5-13)21-16-10-15(11-16)20-17-8-9-23-18(17)14-6-7-14/h1-5,14-18,20H,6-12H2,(H,21,22). The van der Waals surface area contributed by atoms with Crippen LogP contribution in [0.2, 0.25) is 0 Å². The van der Waals surface area contributed by atoms with Gasteiger partial charge in [0.2, 0.25) is 0 Å². The summed E-state index contributed by atoms with van der Waals surface area (Å²) in [6, 6.07) is 11.0. The first kappa shape index (κ1) is 15.9. The van der Waals surface area contributed by atoms with Crippen molar-refractivity contribution in [2.24, 2.45) is 5.92 Å². The van der Waals surface area contributed by atoms with Crippen LogP contribution < -0.4 is 10.6 Å². The van der Waals surface area contributed by atoms with E-state index in [0.29, 0.717) is 24.8 Å². The molecule has 1 aliphatic heterocycles. The maximum absolute atomic E-state index is 11.8. The molecule has 4 rings (SSSR count). The number of hydrogen-bond donors (Lipinski definition) is 2. The minimum absolute atomic E-state index is 0.229. The Morgan fingerprint density at radius 2 is 1.92 bits per heavy atom. The van der Waals surface area contributed by atoms with E-state index in [1.54, 1.807) is 0 Å². The lowest BCUT2D eigenvalue weighted by atomic mass is 9.85. The topological polar surface area (TPSA) is 59.6 Å². The molecule has 1 saturated heterocycles. The average molecular weight is 330 g/mol. The number of alkyl carbamates (subject to hydrolysis) is 1. The highest BCUT2D eigenvalue weighted by molar-refractivity contribution is 5.67. The summed E-state index contributed by atoms with van der Waals surface area (Å²) in [4.78, 5) is 11.8. The van der Waals surface area contributed by atoms with Crippen molar-refractivity contribution in [3.63, 3.8) is 0 Å². The minimum atomic E-state index is -0.317. The summed E-state index contributed by atoms with van der Waals surface area (Å²) < 4.78 is 11.1. The first-order valence-electron chi connectivity index (χ1n) is 9.13. The van der Waals surface area contributed by atoms with E-state index in [1.165, 1.54) is 12.8 Å². The molecule has 2 atom stereocenters. The van der Waals surface area contributed by atoms with Gasteiger partial charge < -0.3 is 20.1 Å². The van der Waals surface area contributed by atoms with E-state index in [2.05, 4.69) is 10.6 Å². The van der Waals surface area contributed by atoms with E-state index in [-0.39, 0.29) is 12.1 Å². The Balaban J connectivity index is 1.13. The van der Waals surface area contributed by atoms with E-state index < -0.39 is 0 Å². The normalized spacial score (nSPS) is 32.2. The van der Waals surface area contributed by atoms with Crippen molar-refractivity contribution in [2.45, 2.75) is 62.9 Å². The summed E-state index contributed by atoms with van der Waals surface area (Å²) in [5, 5.41) is 6.69. The molecule has 0 spiro atoms. The average Bonchev–Trinajstić information content (AvgIpc) is 3.31. The number of benzene rings is 1. The van der Waals surface area contributed by atoms with Crippen LogP contribution >= 0.6 is 0 Å². The van der Waals surface area contributed by atoms with Crippen molar-refractivity contribution >= 4 is 6.09 Å². The van der Waals surface area contributed by atoms with Crippen LogP contribution in [-0.4, -0.2) is 36.9 Å². The van der Waals surface area contributed by atoms with Crippen molar-refractivity contribution in [1.82, 2.24) is 10.6 Å². The molecule has 0 bridgehead atoms. The third-order valence-electron chi connectivity index (χ3n) is 5.34. The van der Waals surface area contributed by atoms with Crippen molar-refractivity contribution in [1.29, 1.82) is 0 Å². The minimum Gasteiger partial charge on any atom is -0.445 e. The number of carbonyl (C=O) groups excluding carboxylic acids is 1. The van der Waals surface area contributed by atoms with Crippen LogP contribution in [0.1, 0.15) is 37.7 Å². The second kappa shape index (κ2) is 7.11. The zero-order valence-corrected chi connectivity index (χ0v) is 13.9. The molecular formula is C19H26N2O3. The molecule has 5 nitrogen and oxygen atoms in total. The van der Waals surface area contributed by atoms with E-state index in [0.717, 1.165) is 37.4 Å². The number of rotatable bonds is 6. The van der Waals surface area contributed by atoms with Gasteiger partial charge >= 0.3 is 6.09 Å². The van der Waals surface area contributed by atoms with E-state index in [4.69, 9.17) is 9.47 Å². The van der Waals surface area contributed by atoms with Gasteiger partial charge in [-0.2, -0.15) is 0 Å². The summed E-state index contributed by atoms with van der Waals surface area (Å²) in [5.74, 6) is 0.784. The molecule has 1 aromatic rings. The first-order chi connectivity index (χ1) is 11.8. The number of amides is 1. The van der Waals surface area contributed by atoms with Gasteiger partial charge in [-0.25, -0.2) is 4.79 Å². The number of carbonyl (C=O) groups is 1. The van der Waals surface area contributed by atoms with Gasteiger partial charge in [0.1, 0.15) is 6.61 Å². The summed E-state index contributed by atoms with van der Waals surface area (Å²) >= 11 is 0. The van der Waals surface area contributed by atoms with Crippen LogP contribution in [0.5, 0.6) is 0 Å². The van der Waals surface area contributed by atoms with Gasteiger partial charge in [-0.05, 0) is 43.6 Å². The molecule has 2 aliphatic carbocycles. The van der Waals surface area contributed by atoms with Crippen LogP contribution in [0.25, 0.3) is 0 Å². The first-order valence-corrected chi connectivity index (χ1v) is 9.13. The maximum atomic E-state index is 11.8. The molecule has 0 aromatic heterocycles. The molecule has 24 heavy (non-hydrogen) atoms. The van der Waals surface area contributed by atoms with Crippen LogP contribution in [0, 0.1) is 5.92 Å². The second-order valence-electron chi connectivity index (χ2n) is 7.31. The third-order valence-corrected chi connectivity index (χ3v) is 5.34. The van der Waals surface area contributed by atoms with Crippen molar-refractivity contribution in [3.05, 3.63) is 35.9 Å². The third kappa shape index (κ3) is 3.90. The molecule has 1 heterocycles. The molecule has 130 valence electrons. The summed E-state index contributed by atoms with van der Waals surface area (Å²) in [7, 11) is 0. The van der Waals surface area contributed by atoms with Gasteiger partial charge in [-0.1, -0.05) is 30.3 Å². The zero-order valence-electron chi connectivity index (χ0n) is 13.9. The summed E-state index contributed by atoms with van der Waals surface area (Å²) in [6.45, 7) is 1.21. The van der Waals surface area contributed by atoms with E-state index in [1.807, 2.05) is 30.3 Å². The Hall–Kier alpha value is -1.59. The van der Waals surface area contributed by atoms with Crippen molar-refractivity contribution in [3.8, 4) is 0 Å². The van der Waals surface area contributed by atoms with Gasteiger partial charge in [-0.3, -0.25) is 0 Å². The lowest BCUT2D eigenvalue weighted by Gasteiger charge is -2.38. The van der Waals surface area contributed by atoms with Gasteiger partial charge in [-0.15, -0.1) is 0 Å². The monoisotopic (exact) mass is 330 g/mol. The SMILES string of the molecule is O=C(NC1CC(NC2CCOC2C2CC2)C1)OCc1ccccc1. The fourth-order valence-corrected chi connectivity index (χ4v) is 3.79. The summed E-state index contributed by atoms with van der Waals surface area (Å²) in [5.41, 5.74) is 1.01. The lowest BCUT2D eigenvalue weighted by molar-refractivity contribution is 0.0731. The van der Waals surface area contributed by atoms with Crippen LogP contribution in [0.4, 0.5) is 4.79 Å². The number of nitrogens with one attached hydrogen (secondary N) is 2. The van der Waals surface area contributed by atoms with Gasteiger partial charge in [0.25, 0.3) is 0 Å². The van der Waals surface area contributed by atoms with Gasteiger partial charge in [0.05, 0.1) is 6.10 Å². The highest BCUT2D eigenvalue weighted by atomic mass is 16.5. The highest BCUT2D eigenvalue weighted by Gasteiger charge is 2.42. The van der Waals surface area contributed by atoms with Crippen molar-refractivity contribution in [2.75, 3.05) is 6.61 Å². The molecule has 2 saturated carbocycles. The van der Waals surface area contributed by atoms with Crippen LogP contribution in [-0.2, 0) is 16.1 Å². The van der Waals surface area contributed by atoms with Crippen molar-refractivity contribution < 1.29 is 14.3 Å². The molecule has 0 radical (unpaired) electrons. The Kier molecular flexibility index (Phi) is 4.72. The molecule has 3 fully saturated rings. The van der Waals surface area contributed by atoms with Gasteiger partial charge in [0.15, 0.2) is 0 Å². The predicted octanol–water partition coefficient (Wildman–Crippen LogP) is 2.60. The fraction of sp³-hybridized carbons (Fsp3) is 0.632. The van der Waals surface area contributed by atoms with Crippen LogP contribution in [0.15, 0.2) is 30.3 Å². The smallest absolute Gasteiger partial charge is 0.407 e. The molecule has 3 aliphatic rings. The van der Waals surface area contributed by atoms with Crippen LogP contribution in [0.3, 0.4) is 0 Å². The zero-order chi connectivity index (χ0) is 16.4. The lowest BCUT2D eigenvalue weighted by Crippen LogP contribution is -2.56. The van der Waals surface area contributed by atoms with E-state index >= 15 is 0 Å². The Morgan fingerprint density at radius 3 is 2.67 bits per heavy atom. The van der Waals surface area contributed by atoms with E-state index in [9.17, 15) is 4.79 Å². The molecule has 2 unspecified atom stereocenters. The number of hydrogen-bond acceptors (Lipinski definition) is 4. The highest BCUT2D eigenvalue weighted by Crippen LogP contribution is 2.39. The van der Waals surface area contributed by atoms with Gasteiger partial charge in [0, 0.05) is 24.7 Å². The second-order valence-corrected chi connectivity index (χ2v) is 7.31. The Labute approximate surface area is 143 Å². The molecule has 5 heteroatoms. The maximum Gasteiger partial charge on any atom is 0.407 e. The quantitative estimate of drug-likeness (QED) is 0.842. The number of ether oxygens (including phenoxy) is 2. The fourth-order valence-electron chi connectivity index (χ4n) is 3.79. The molecular weight excluding hydrogens is 304 g/mol. The molecule has 1 amide bonds. The summed E-state index contributed by atoms with van der Waals surface area (Å²) in [6.07, 6.45) is 5.84. The molecule has 2 N–H and O–H groups in total. The Bertz CT molecular complexity index is 555. The largest absolute Gasteiger partial charge is 0.445 e. The molecule has 1 aromatic carbocycles.